The van der Waals surface area contributed by atoms with Crippen LogP contribution in [0.25, 0.3) is 0 Å². The summed E-state index contributed by atoms with van der Waals surface area (Å²) in [7, 11) is 0. The van der Waals surface area contributed by atoms with Crippen LogP contribution >= 0.6 is 0 Å². The molecule has 5 nitrogen and oxygen atoms in total. The summed E-state index contributed by atoms with van der Waals surface area (Å²) >= 11 is 0. The Hall–Kier alpha value is -3.47. The van der Waals surface area contributed by atoms with E-state index >= 15 is 0 Å². The van der Waals surface area contributed by atoms with E-state index in [0.29, 0.717) is 17.9 Å². The van der Waals surface area contributed by atoms with Crippen LogP contribution in [0.5, 0.6) is 5.75 Å². The van der Waals surface area contributed by atoms with E-state index in [9.17, 15) is 4.79 Å². The van der Waals surface area contributed by atoms with Gasteiger partial charge in [-0.1, -0.05) is 42.5 Å². The van der Waals surface area contributed by atoms with E-state index < -0.39 is 0 Å². The molecule has 1 aromatic heterocycles. The minimum atomic E-state index is -0.325. The smallest absolute Gasteiger partial charge is 0.275 e. The van der Waals surface area contributed by atoms with Gasteiger partial charge >= 0.3 is 0 Å². The average molecular weight is 331 g/mol. The summed E-state index contributed by atoms with van der Waals surface area (Å²) in [6.07, 6.45) is 4.89. The number of para-hydroxylation sites is 1. The number of nitrogens with zero attached hydrogens (tertiary/aromatic N) is 2. The van der Waals surface area contributed by atoms with Crippen LogP contribution in [0.2, 0.25) is 0 Å². The lowest BCUT2D eigenvalue weighted by Gasteiger charge is -2.10. The third-order valence-electron chi connectivity index (χ3n) is 3.45. The lowest BCUT2D eigenvalue weighted by Crippen LogP contribution is -2.18. The van der Waals surface area contributed by atoms with Gasteiger partial charge in [0.05, 0.1) is 11.8 Å². The van der Waals surface area contributed by atoms with Gasteiger partial charge in [0.25, 0.3) is 5.91 Å². The number of rotatable bonds is 6. The highest BCUT2D eigenvalue weighted by Gasteiger charge is 2.11. The van der Waals surface area contributed by atoms with Crippen molar-refractivity contribution in [2.75, 3.05) is 0 Å². The Kier molecular flexibility index (Phi) is 5.51. The van der Waals surface area contributed by atoms with Crippen LogP contribution in [-0.4, -0.2) is 17.1 Å². The van der Waals surface area contributed by atoms with Crippen molar-refractivity contribution in [2.24, 2.45) is 5.10 Å². The Morgan fingerprint density at radius 2 is 1.72 bits per heavy atom. The summed E-state index contributed by atoms with van der Waals surface area (Å²) in [5.74, 6) is 0.192. The monoisotopic (exact) mass is 331 g/mol. The van der Waals surface area contributed by atoms with Crippen molar-refractivity contribution in [1.29, 1.82) is 0 Å². The zero-order valence-electron chi connectivity index (χ0n) is 13.5. The Morgan fingerprint density at radius 3 is 2.52 bits per heavy atom. The van der Waals surface area contributed by atoms with E-state index in [4.69, 9.17) is 4.74 Å². The molecule has 0 aliphatic rings. The minimum absolute atomic E-state index is 0.325. The molecule has 25 heavy (non-hydrogen) atoms. The number of ether oxygens (including phenoxy) is 1. The van der Waals surface area contributed by atoms with Crippen molar-refractivity contribution in [3.8, 4) is 5.75 Å². The van der Waals surface area contributed by atoms with Gasteiger partial charge in [0.1, 0.15) is 12.4 Å². The predicted molar refractivity (Wildman–Crippen MR) is 96.5 cm³/mol. The fourth-order valence-electron chi connectivity index (χ4n) is 2.19. The van der Waals surface area contributed by atoms with Crippen LogP contribution in [0.15, 0.2) is 84.2 Å². The molecule has 3 rings (SSSR count). The predicted octanol–water partition coefficient (Wildman–Crippen LogP) is 3.42. The minimum Gasteiger partial charge on any atom is -0.488 e. The SMILES string of the molecule is O=C(NN=Cc1ccncc1)c1ccccc1OCc1ccccc1. The molecule has 0 spiro atoms. The molecule has 2 aromatic carbocycles. The highest BCUT2D eigenvalue weighted by Crippen LogP contribution is 2.19. The van der Waals surface area contributed by atoms with Gasteiger partial charge in [-0.25, -0.2) is 5.43 Å². The summed E-state index contributed by atoms with van der Waals surface area (Å²) in [6, 6.07) is 20.5. The molecule has 0 aliphatic heterocycles. The molecule has 1 heterocycles. The second kappa shape index (κ2) is 8.40. The van der Waals surface area contributed by atoms with E-state index in [0.717, 1.165) is 11.1 Å². The summed E-state index contributed by atoms with van der Waals surface area (Å²) < 4.78 is 5.79. The van der Waals surface area contributed by atoms with E-state index in [1.807, 2.05) is 36.4 Å². The van der Waals surface area contributed by atoms with Crippen molar-refractivity contribution in [1.82, 2.24) is 10.4 Å². The zero-order chi connectivity index (χ0) is 17.3. The Labute approximate surface area is 146 Å². The molecule has 1 amide bonds. The average Bonchev–Trinajstić information content (AvgIpc) is 2.68. The maximum absolute atomic E-state index is 12.3. The van der Waals surface area contributed by atoms with Gasteiger partial charge in [-0.05, 0) is 35.4 Å². The second-order valence-electron chi connectivity index (χ2n) is 5.25. The van der Waals surface area contributed by atoms with Crippen LogP contribution in [0.1, 0.15) is 21.5 Å². The van der Waals surface area contributed by atoms with Crippen molar-refractivity contribution in [3.05, 3.63) is 95.8 Å². The van der Waals surface area contributed by atoms with E-state index in [1.165, 1.54) is 0 Å². The summed E-state index contributed by atoms with van der Waals surface area (Å²) in [5, 5.41) is 3.97. The largest absolute Gasteiger partial charge is 0.488 e. The molecule has 5 heteroatoms. The number of nitrogens with one attached hydrogen (secondary N) is 1. The van der Waals surface area contributed by atoms with Gasteiger partial charge in [0.2, 0.25) is 0 Å². The zero-order valence-corrected chi connectivity index (χ0v) is 13.5. The number of benzene rings is 2. The number of pyridine rings is 1. The van der Waals surface area contributed by atoms with Gasteiger partial charge in [-0.2, -0.15) is 5.10 Å². The molecular weight excluding hydrogens is 314 g/mol. The topological polar surface area (TPSA) is 63.6 Å². The van der Waals surface area contributed by atoms with Crippen molar-refractivity contribution >= 4 is 12.1 Å². The summed E-state index contributed by atoms with van der Waals surface area (Å²) in [6.45, 7) is 0.394. The second-order valence-corrected chi connectivity index (χ2v) is 5.25. The molecule has 0 unspecified atom stereocenters. The highest BCUT2D eigenvalue weighted by molar-refractivity contribution is 5.97. The number of hydrogen-bond acceptors (Lipinski definition) is 4. The number of carbonyl (C=O) groups is 1. The standard InChI is InChI=1S/C20H17N3O2/c24-20(23-22-14-16-10-12-21-13-11-16)18-8-4-5-9-19(18)25-15-17-6-2-1-3-7-17/h1-14H,15H2,(H,23,24). The maximum Gasteiger partial charge on any atom is 0.275 e. The summed E-state index contributed by atoms with van der Waals surface area (Å²) in [5.41, 5.74) is 4.84. The molecule has 0 atom stereocenters. The van der Waals surface area contributed by atoms with E-state index in [1.54, 1.807) is 48.9 Å². The molecule has 0 aliphatic carbocycles. The molecule has 1 N–H and O–H groups in total. The first-order chi connectivity index (χ1) is 12.3. The quantitative estimate of drug-likeness (QED) is 0.556. The molecule has 0 saturated heterocycles. The van der Waals surface area contributed by atoms with E-state index in [-0.39, 0.29) is 5.91 Å². The van der Waals surface area contributed by atoms with Crippen LogP contribution in [0, 0.1) is 0 Å². The molecule has 3 aromatic rings. The van der Waals surface area contributed by atoms with Crippen LogP contribution in [0.4, 0.5) is 0 Å². The van der Waals surface area contributed by atoms with Gasteiger partial charge in [-0.15, -0.1) is 0 Å². The lowest BCUT2D eigenvalue weighted by molar-refractivity contribution is 0.0950. The lowest BCUT2D eigenvalue weighted by atomic mass is 10.2. The molecule has 124 valence electrons. The first-order valence-corrected chi connectivity index (χ1v) is 7.82. The van der Waals surface area contributed by atoms with Crippen molar-refractivity contribution in [2.45, 2.75) is 6.61 Å². The highest BCUT2D eigenvalue weighted by atomic mass is 16.5. The molecule has 0 radical (unpaired) electrons. The third kappa shape index (κ3) is 4.75. The van der Waals surface area contributed by atoms with Gasteiger partial charge in [0.15, 0.2) is 0 Å². The number of hydrazone groups is 1. The number of carbonyl (C=O) groups excluding carboxylic acids is 1. The van der Waals surface area contributed by atoms with E-state index in [2.05, 4.69) is 15.5 Å². The Balaban J connectivity index is 1.65. The van der Waals surface area contributed by atoms with Gasteiger partial charge < -0.3 is 4.74 Å². The van der Waals surface area contributed by atoms with Crippen molar-refractivity contribution in [3.63, 3.8) is 0 Å². The first kappa shape index (κ1) is 16.4. The molecule has 0 fully saturated rings. The van der Waals surface area contributed by atoms with Gasteiger partial charge in [-0.3, -0.25) is 9.78 Å². The number of hydrogen-bond donors (Lipinski definition) is 1. The molecule has 0 saturated carbocycles. The van der Waals surface area contributed by atoms with Crippen LogP contribution < -0.4 is 10.2 Å². The fraction of sp³-hybridized carbons (Fsp3) is 0.0500. The molecular formula is C20H17N3O2. The molecule has 0 bridgehead atoms. The Bertz CT molecular complexity index is 849. The van der Waals surface area contributed by atoms with Crippen molar-refractivity contribution < 1.29 is 9.53 Å². The third-order valence-corrected chi connectivity index (χ3v) is 3.45. The Morgan fingerprint density at radius 1 is 1.00 bits per heavy atom. The maximum atomic E-state index is 12.3. The first-order valence-electron chi connectivity index (χ1n) is 7.82. The normalized spacial score (nSPS) is 10.6. The fourth-order valence-corrected chi connectivity index (χ4v) is 2.19. The number of amides is 1. The summed E-state index contributed by atoms with van der Waals surface area (Å²) in [4.78, 5) is 16.3. The van der Waals surface area contributed by atoms with Crippen LogP contribution in [-0.2, 0) is 6.61 Å². The van der Waals surface area contributed by atoms with Crippen LogP contribution in [0.3, 0.4) is 0 Å². The van der Waals surface area contributed by atoms with Gasteiger partial charge in [0, 0.05) is 12.4 Å². The number of aromatic nitrogens is 1.